The van der Waals surface area contributed by atoms with Crippen LogP contribution in [0.15, 0.2) is 0 Å². The molecule has 2 aliphatic rings. The van der Waals surface area contributed by atoms with Crippen LogP contribution in [-0.2, 0) is 4.79 Å². The van der Waals surface area contributed by atoms with Crippen LogP contribution >= 0.6 is 0 Å². The van der Waals surface area contributed by atoms with Gasteiger partial charge in [0.2, 0.25) is 5.91 Å². The second kappa shape index (κ2) is 5.71. The normalized spacial score (nSPS) is 30.2. The Bertz CT molecular complexity index is 347. The number of rotatable bonds is 4. The number of amides is 1. The van der Waals surface area contributed by atoms with Crippen LogP contribution in [-0.4, -0.2) is 36.0 Å². The van der Waals surface area contributed by atoms with E-state index in [0.717, 1.165) is 6.54 Å². The lowest BCUT2D eigenvalue weighted by Gasteiger charge is -2.30. The molecule has 100 valence electrons. The molecule has 0 bridgehead atoms. The number of hydrogen-bond acceptors (Lipinski definition) is 3. The van der Waals surface area contributed by atoms with E-state index in [4.69, 9.17) is 5.26 Å². The van der Waals surface area contributed by atoms with Gasteiger partial charge in [0.25, 0.3) is 0 Å². The first-order valence-corrected chi connectivity index (χ1v) is 7.06. The molecule has 2 fully saturated rings. The highest BCUT2D eigenvalue weighted by Crippen LogP contribution is 2.38. The highest BCUT2D eigenvalue weighted by Gasteiger charge is 2.43. The van der Waals surface area contributed by atoms with E-state index in [2.05, 4.69) is 11.4 Å². The van der Waals surface area contributed by atoms with Crippen molar-refractivity contribution in [2.45, 2.75) is 51.6 Å². The van der Waals surface area contributed by atoms with Crippen molar-refractivity contribution in [3.8, 4) is 6.07 Å². The molecule has 18 heavy (non-hydrogen) atoms. The molecule has 4 nitrogen and oxygen atoms in total. The molecule has 1 N–H and O–H groups in total. The Morgan fingerprint density at radius 2 is 2.28 bits per heavy atom. The predicted octanol–water partition coefficient (Wildman–Crippen LogP) is 1.53. The Balaban J connectivity index is 2.02. The van der Waals surface area contributed by atoms with Crippen molar-refractivity contribution in [2.24, 2.45) is 11.8 Å². The first-order valence-electron chi connectivity index (χ1n) is 7.06. The second-order valence-electron chi connectivity index (χ2n) is 5.77. The van der Waals surface area contributed by atoms with Gasteiger partial charge in [0.15, 0.2) is 0 Å². The molecule has 1 amide bonds. The molecule has 0 radical (unpaired) electrons. The highest BCUT2D eigenvalue weighted by molar-refractivity contribution is 5.83. The number of hydrogen-bond donors (Lipinski definition) is 1. The van der Waals surface area contributed by atoms with Gasteiger partial charge in [-0.25, -0.2) is 0 Å². The van der Waals surface area contributed by atoms with Gasteiger partial charge in [-0.15, -0.1) is 0 Å². The molecular weight excluding hydrogens is 226 g/mol. The Morgan fingerprint density at radius 3 is 2.94 bits per heavy atom. The average molecular weight is 249 g/mol. The number of nitrogens with one attached hydrogen (secondary N) is 1. The number of nitriles is 1. The first kappa shape index (κ1) is 13.4. The van der Waals surface area contributed by atoms with Crippen LogP contribution < -0.4 is 5.32 Å². The molecule has 0 spiro atoms. The molecule has 4 heteroatoms. The van der Waals surface area contributed by atoms with E-state index in [-0.39, 0.29) is 18.0 Å². The lowest BCUT2D eigenvalue weighted by atomic mass is 9.93. The zero-order valence-corrected chi connectivity index (χ0v) is 11.4. The SMILES string of the molecule is CC(C)N(CCC#N)C(=O)C1NCC2CCCC21. The Hall–Kier alpha value is -1.08. The predicted molar refractivity (Wildman–Crippen MR) is 69.7 cm³/mol. The fraction of sp³-hybridized carbons (Fsp3) is 0.857. The van der Waals surface area contributed by atoms with Crippen LogP contribution in [0.3, 0.4) is 0 Å². The zero-order valence-electron chi connectivity index (χ0n) is 11.4. The Kier molecular flexibility index (Phi) is 4.23. The van der Waals surface area contributed by atoms with Crippen LogP contribution in [0.5, 0.6) is 0 Å². The van der Waals surface area contributed by atoms with Gasteiger partial charge in [0.05, 0.1) is 18.5 Å². The van der Waals surface area contributed by atoms with Crippen molar-refractivity contribution in [3.05, 3.63) is 0 Å². The van der Waals surface area contributed by atoms with Crippen molar-refractivity contribution in [3.63, 3.8) is 0 Å². The second-order valence-corrected chi connectivity index (χ2v) is 5.77. The molecule has 1 aliphatic carbocycles. The molecule has 0 aromatic carbocycles. The quantitative estimate of drug-likeness (QED) is 0.822. The standard InChI is InChI=1S/C14H23N3O/c1-10(2)17(8-4-7-15)14(18)13-12-6-3-5-11(12)9-16-13/h10-13,16H,3-6,8-9H2,1-2H3. The fourth-order valence-electron chi connectivity index (χ4n) is 3.43. The maximum Gasteiger partial charge on any atom is 0.240 e. The number of nitrogens with zero attached hydrogens (tertiary/aromatic N) is 2. The molecule has 0 aromatic heterocycles. The van der Waals surface area contributed by atoms with Gasteiger partial charge in [-0.05, 0) is 45.1 Å². The summed E-state index contributed by atoms with van der Waals surface area (Å²) in [5.74, 6) is 1.43. The van der Waals surface area contributed by atoms with E-state index < -0.39 is 0 Å². The minimum Gasteiger partial charge on any atom is -0.338 e. The van der Waals surface area contributed by atoms with Crippen molar-refractivity contribution in [2.75, 3.05) is 13.1 Å². The molecular formula is C14H23N3O. The molecule has 3 unspecified atom stereocenters. The number of fused-ring (bicyclic) bond motifs is 1. The van der Waals surface area contributed by atoms with Gasteiger partial charge in [0.1, 0.15) is 0 Å². The van der Waals surface area contributed by atoms with Gasteiger partial charge in [0, 0.05) is 12.6 Å². The van der Waals surface area contributed by atoms with Crippen LogP contribution in [0.1, 0.15) is 39.5 Å². The maximum absolute atomic E-state index is 12.6. The summed E-state index contributed by atoms with van der Waals surface area (Å²) in [6, 6.07) is 2.30. The van der Waals surface area contributed by atoms with E-state index in [1.807, 2.05) is 18.7 Å². The third-order valence-corrected chi connectivity index (χ3v) is 4.38. The fourth-order valence-corrected chi connectivity index (χ4v) is 3.43. The topological polar surface area (TPSA) is 56.1 Å². The van der Waals surface area contributed by atoms with Crippen molar-refractivity contribution in [1.29, 1.82) is 5.26 Å². The lowest BCUT2D eigenvalue weighted by molar-refractivity contribution is -0.135. The van der Waals surface area contributed by atoms with Crippen LogP contribution in [0, 0.1) is 23.2 Å². The summed E-state index contributed by atoms with van der Waals surface area (Å²) in [6.45, 7) is 5.60. The number of carbonyl (C=O) groups is 1. The summed E-state index contributed by atoms with van der Waals surface area (Å²) in [7, 11) is 0. The number of carbonyl (C=O) groups excluding carboxylic acids is 1. The highest BCUT2D eigenvalue weighted by atomic mass is 16.2. The van der Waals surface area contributed by atoms with Gasteiger partial charge < -0.3 is 10.2 Å². The van der Waals surface area contributed by atoms with Crippen molar-refractivity contribution >= 4 is 5.91 Å². The summed E-state index contributed by atoms with van der Waals surface area (Å²) >= 11 is 0. The molecule has 0 aromatic rings. The van der Waals surface area contributed by atoms with E-state index in [0.29, 0.717) is 24.8 Å². The minimum atomic E-state index is -0.00130. The average Bonchev–Trinajstić information content (AvgIpc) is 2.90. The van der Waals surface area contributed by atoms with E-state index in [1.54, 1.807) is 0 Å². The molecule has 2 rings (SSSR count). The summed E-state index contributed by atoms with van der Waals surface area (Å²) < 4.78 is 0. The molecule has 3 atom stereocenters. The molecule has 1 aliphatic heterocycles. The zero-order chi connectivity index (χ0) is 13.1. The summed E-state index contributed by atoms with van der Waals surface area (Å²) in [5.41, 5.74) is 0. The summed E-state index contributed by atoms with van der Waals surface area (Å²) in [4.78, 5) is 14.5. The van der Waals surface area contributed by atoms with Gasteiger partial charge >= 0.3 is 0 Å². The Labute approximate surface area is 109 Å². The summed E-state index contributed by atoms with van der Waals surface area (Å²) in [5, 5.41) is 12.1. The largest absolute Gasteiger partial charge is 0.338 e. The molecule has 1 heterocycles. The van der Waals surface area contributed by atoms with Crippen molar-refractivity contribution in [1.82, 2.24) is 10.2 Å². The third kappa shape index (κ3) is 2.51. The smallest absolute Gasteiger partial charge is 0.240 e. The summed E-state index contributed by atoms with van der Waals surface area (Å²) in [6.07, 6.45) is 4.13. The van der Waals surface area contributed by atoms with Crippen molar-refractivity contribution < 1.29 is 4.79 Å². The van der Waals surface area contributed by atoms with Gasteiger partial charge in [-0.3, -0.25) is 4.79 Å². The van der Waals surface area contributed by atoms with E-state index in [9.17, 15) is 4.79 Å². The van der Waals surface area contributed by atoms with Gasteiger partial charge in [-0.1, -0.05) is 6.42 Å². The Morgan fingerprint density at radius 1 is 1.50 bits per heavy atom. The van der Waals surface area contributed by atoms with E-state index in [1.165, 1.54) is 19.3 Å². The van der Waals surface area contributed by atoms with Crippen LogP contribution in [0.4, 0.5) is 0 Å². The lowest BCUT2D eigenvalue weighted by Crippen LogP contribution is -2.49. The molecule has 1 saturated carbocycles. The first-order chi connectivity index (χ1) is 8.65. The van der Waals surface area contributed by atoms with Crippen LogP contribution in [0.25, 0.3) is 0 Å². The third-order valence-electron chi connectivity index (χ3n) is 4.38. The monoisotopic (exact) mass is 249 g/mol. The molecule has 1 saturated heterocycles. The maximum atomic E-state index is 12.6. The van der Waals surface area contributed by atoms with E-state index >= 15 is 0 Å². The van der Waals surface area contributed by atoms with Crippen LogP contribution in [0.2, 0.25) is 0 Å². The van der Waals surface area contributed by atoms with Gasteiger partial charge in [-0.2, -0.15) is 5.26 Å². The minimum absolute atomic E-state index is 0.00130.